The molecule has 0 radical (unpaired) electrons. The molecule has 3 heterocycles. The summed E-state index contributed by atoms with van der Waals surface area (Å²) >= 11 is 1.59. The van der Waals surface area contributed by atoms with Crippen molar-refractivity contribution in [1.82, 2.24) is 30.3 Å². The van der Waals surface area contributed by atoms with E-state index in [4.69, 9.17) is 0 Å². The van der Waals surface area contributed by atoms with Crippen LogP contribution in [0.4, 0.5) is 0 Å². The zero-order chi connectivity index (χ0) is 13.8. The number of amides is 1. The Balaban J connectivity index is 1.63. The second-order valence-corrected chi connectivity index (χ2v) is 4.69. The maximum Gasteiger partial charge on any atom is 0.271 e. The maximum absolute atomic E-state index is 11.8. The van der Waals surface area contributed by atoms with Crippen LogP contribution < -0.4 is 5.32 Å². The predicted molar refractivity (Wildman–Crippen MR) is 72.4 cm³/mol. The summed E-state index contributed by atoms with van der Waals surface area (Å²) in [5.74, 6) is -0.289. The van der Waals surface area contributed by atoms with E-state index in [1.165, 1.54) is 18.6 Å². The lowest BCUT2D eigenvalue weighted by Gasteiger charge is -2.00. The molecule has 8 heteroatoms. The van der Waals surface area contributed by atoms with Gasteiger partial charge in [-0.25, -0.2) is 9.67 Å². The van der Waals surface area contributed by atoms with E-state index in [0.29, 0.717) is 12.2 Å². The molecule has 0 aliphatic heterocycles. The molecule has 0 spiro atoms. The van der Waals surface area contributed by atoms with Gasteiger partial charge in [-0.15, -0.1) is 5.10 Å². The fourth-order valence-electron chi connectivity index (χ4n) is 1.57. The van der Waals surface area contributed by atoms with Crippen LogP contribution >= 0.6 is 11.3 Å². The predicted octanol–water partition coefficient (Wildman–Crippen LogP) is 1.05. The lowest BCUT2D eigenvalue weighted by molar-refractivity contribution is 0.0945. The van der Waals surface area contributed by atoms with Gasteiger partial charge < -0.3 is 5.32 Å². The molecule has 7 nitrogen and oxygen atoms in total. The summed E-state index contributed by atoms with van der Waals surface area (Å²) in [6.45, 7) is 0.291. The molecule has 0 bridgehead atoms. The highest BCUT2D eigenvalue weighted by Gasteiger charge is 2.08. The van der Waals surface area contributed by atoms with Gasteiger partial charge in [0.2, 0.25) is 0 Å². The summed E-state index contributed by atoms with van der Waals surface area (Å²) in [6, 6.07) is 1.95. The molecule has 0 saturated carbocycles. The summed E-state index contributed by atoms with van der Waals surface area (Å²) in [4.78, 5) is 19.6. The Morgan fingerprint density at radius 2 is 2.35 bits per heavy atom. The third kappa shape index (κ3) is 2.69. The minimum Gasteiger partial charge on any atom is -0.345 e. The van der Waals surface area contributed by atoms with Crippen LogP contribution in [0.15, 0.2) is 41.6 Å². The number of rotatable bonds is 4. The van der Waals surface area contributed by atoms with E-state index in [-0.39, 0.29) is 11.6 Å². The quantitative estimate of drug-likeness (QED) is 0.774. The minimum atomic E-state index is -0.289. The Hall–Kier alpha value is -2.61. The molecular formula is C12H10N6OS. The summed E-state index contributed by atoms with van der Waals surface area (Å²) in [7, 11) is 0. The molecule has 20 heavy (non-hydrogen) atoms. The maximum atomic E-state index is 11.8. The van der Waals surface area contributed by atoms with E-state index in [1.54, 1.807) is 22.2 Å². The number of hydrogen-bond donors (Lipinski definition) is 1. The van der Waals surface area contributed by atoms with Crippen LogP contribution in [-0.4, -0.2) is 30.9 Å². The van der Waals surface area contributed by atoms with Gasteiger partial charge in [0, 0.05) is 17.8 Å². The van der Waals surface area contributed by atoms with Crippen molar-refractivity contribution in [3.05, 3.63) is 53.0 Å². The molecule has 100 valence electrons. The first-order valence-electron chi connectivity index (χ1n) is 5.81. The zero-order valence-electron chi connectivity index (χ0n) is 10.3. The van der Waals surface area contributed by atoms with Crippen molar-refractivity contribution in [2.75, 3.05) is 0 Å². The molecule has 1 amide bonds. The first kappa shape index (κ1) is 12.4. The second kappa shape index (κ2) is 5.57. The Labute approximate surface area is 118 Å². The van der Waals surface area contributed by atoms with Crippen molar-refractivity contribution in [2.45, 2.75) is 6.54 Å². The first-order valence-corrected chi connectivity index (χ1v) is 6.75. The number of nitrogens with zero attached hydrogens (tertiary/aromatic N) is 5. The lowest BCUT2D eigenvalue weighted by atomic mass is 10.4. The molecule has 3 aromatic rings. The van der Waals surface area contributed by atoms with Gasteiger partial charge in [0.15, 0.2) is 0 Å². The summed E-state index contributed by atoms with van der Waals surface area (Å²) in [5.41, 5.74) is 1.90. The van der Waals surface area contributed by atoms with Crippen molar-refractivity contribution >= 4 is 17.2 Å². The standard InChI is InChI=1S/C12H10N6OS/c19-12(11-6-13-2-3-14-11)15-5-9-7-18(17-16-9)10-1-4-20-8-10/h1-4,6-8H,5H2,(H,15,19). The molecule has 0 fully saturated rings. The van der Waals surface area contributed by atoms with Crippen molar-refractivity contribution in [3.63, 3.8) is 0 Å². The average molecular weight is 286 g/mol. The number of carbonyl (C=O) groups excluding carboxylic acids is 1. The van der Waals surface area contributed by atoms with Crippen LogP contribution in [0.25, 0.3) is 5.69 Å². The average Bonchev–Trinajstić information content (AvgIpc) is 3.16. The number of hydrogen-bond acceptors (Lipinski definition) is 6. The van der Waals surface area contributed by atoms with Gasteiger partial charge in [0.25, 0.3) is 5.91 Å². The number of aromatic nitrogens is 5. The molecule has 0 aliphatic carbocycles. The van der Waals surface area contributed by atoms with Gasteiger partial charge in [0.05, 0.1) is 24.6 Å². The molecule has 3 rings (SSSR count). The smallest absolute Gasteiger partial charge is 0.271 e. The van der Waals surface area contributed by atoms with E-state index in [1.807, 2.05) is 16.8 Å². The number of thiophene rings is 1. The zero-order valence-corrected chi connectivity index (χ0v) is 11.1. The van der Waals surface area contributed by atoms with Gasteiger partial charge in [-0.05, 0) is 11.4 Å². The van der Waals surface area contributed by atoms with Gasteiger partial charge in [0.1, 0.15) is 11.4 Å². The minimum absolute atomic E-state index is 0.276. The molecule has 0 aromatic carbocycles. The van der Waals surface area contributed by atoms with Crippen molar-refractivity contribution < 1.29 is 4.79 Å². The van der Waals surface area contributed by atoms with Crippen LogP contribution in [0.2, 0.25) is 0 Å². The molecule has 0 saturated heterocycles. The van der Waals surface area contributed by atoms with E-state index in [9.17, 15) is 4.79 Å². The molecule has 3 aromatic heterocycles. The molecule has 0 aliphatic rings. The Bertz CT molecular complexity index is 694. The second-order valence-electron chi connectivity index (χ2n) is 3.91. The molecule has 0 unspecified atom stereocenters. The lowest BCUT2D eigenvalue weighted by Crippen LogP contribution is -2.24. The number of carbonyl (C=O) groups is 1. The largest absolute Gasteiger partial charge is 0.345 e. The summed E-state index contributed by atoms with van der Waals surface area (Å²) in [5, 5.41) is 14.7. The summed E-state index contributed by atoms with van der Waals surface area (Å²) in [6.07, 6.45) is 6.18. The highest BCUT2D eigenvalue weighted by atomic mass is 32.1. The Morgan fingerprint density at radius 3 is 3.10 bits per heavy atom. The Morgan fingerprint density at radius 1 is 1.40 bits per heavy atom. The highest BCUT2D eigenvalue weighted by molar-refractivity contribution is 7.08. The van der Waals surface area contributed by atoms with Crippen LogP contribution in [0.3, 0.4) is 0 Å². The van der Waals surface area contributed by atoms with Gasteiger partial charge in [-0.3, -0.25) is 9.78 Å². The topological polar surface area (TPSA) is 85.6 Å². The van der Waals surface area contributed by atoms with Gasteiger partial charge in [-0.1, -0.05) is 5.21 Å². The van der Waals surface area contributed by atoms with Crippen LogP contribution in [0.5, 0.6) is 0 Å². The van der Waals surface area contributed by atoms with E-state index in [2.05, 4.69) is 25.6 Å². The van der Waals surface area contributed by atoms with E-state index >= 15 is 0 Å². The van der Waals surface area contributed by atoms with Crippen LogP contribution in [0, 0.1) is 0 Å². The third-order valence-corrected chi connectivity index (χ3v) is 3.21. The van der Waals surface area contributed by atoms with E-state index < -0.39 is 0 Å². The molecular weight excluding hydrogens is 276 g/mol. The SMILES string of the molecule is O=C(NCc1cn(-c2ccsc2)nn1)c1cnccn1. The fourth-order valence-corrected chi connectivity index (χ4v) is 2.19. The molecule has 0 atom stereocenters. The van der Waals surface area contributed by atoms with Crippen molar-refractivity contribution in [2.24, 2.45) is 0 Å². The van der Waals surface area contributed by atoms with Crippen LogP contribution in [0.1, 0.15) is 16.2 Å². The van der Waals surface area contributed by atoms with Crippen molar-refractivity contribution in [1.29, 1.82) is 0 Å². The monoisotopic (exact) mass is 286 g/mol. The van der Waals surface area contributed by atoms with Gasteiger partial charge in [-0.2, -0.15) is 11.3 Å². The number of nitrogens with one attached hydrogen (secondary N) is 1. The van der Waals surface area contributed by atoms with Gasteiger partial charge >= 0.3 is 0 Å². The normalized spacial score (nSPS) is 10.4. The van der Waals surface area contributed by atoms with Crippen LogP contribution in [-0.2, 0) is 6.54 Å². The highest BCUT2D eigenvalue weighted by Crippen LogP contribution is 2.10. The molecule has 1 N–H and O–H groups in total. The summed E-state index contributed by atoms with van der Waals surface area (Å²) < 4.78 is 1.67. The Kier molecular flexibility index (Phi) is 3.46. The van der Waals surface area contributed by atoms with Crippen molar-refractivity contribution in [3.8, 4) is 5.69 Å². The van der Waals surface area contributed by atoms with E-state index in [0.717, 1.165) is 5.69 Å². The first-order chi connectivity index (χ1) is 9.83. The fraction of sp³-hybridized carbons (Fsp3) is 0.0833. The third-order valence-electron chi connectivity index (χ3n) is 2.54.